The van der Waals surface area contributed by atoms with E-state index in [4.69, 9.17) is 10.5 Å². The molecule has 0 heterocycles. The lowest BCUT2D eigenvalue weighted by Crippen LogP contribution is -2.44. The summed E-state index contributed by atoms with van der Waals surface area (Å²) in [5.74, 6) is 0. The van der Waals surface area contributed by atoms with Gasteiger partial charge in [0.05, 0.1) is 6.17 Å². The number of nitrogens with two attached hydrogens (primary N) is 1. The van der Waals surface area contributed by atoms with Crippen LogP contribution in [0.5, 0.6) is 0 Å². The predicted octanol–water partition coefficient (Wildman–Crippen LogP) is 2.82. The summed E-state index contributed by atoms with van der Waals surface area (Å²) in [5.41, 5.74) is 6.64. The van der Waals surface area contributed by atoms with Gasteiger partial charge in [-0.05, 0) is 45.6 Å². The van der Waals surface area contributed by atoms with Gasteiger partial charge in [0.25, 0.3) is 0 Å². The van der Waals surface area contributed by atoms with Gasteiger partial charge in [0, 0.05) is 0 Å². The molecule has 0 saturated heterocycles. The first-order valence-electron chi connectivity index (χ1n) is 6.66. The van der Waals surface area contributed by atoms with Crippen molar-refractivity contribution in [2.45, 2.75) is 51.8 Å². The molecule has 1 rings (SSSR count). The van der Waals surface area contributed by atoms with E-state index < -0.39 is 11.7 Å². The fraction of sp³-hybridized carbons (Fsp3) is 0.533. The van der Waals surface area contributed by atoms with Crippen molar-refractivity contribution in [1.82, 2.24) is 5.32 Å². The zero-order valence-corrected chi connectivity index (χ0v) is 12.0. The van der Waals surface area contributed by atoms with Gasteiger partial charge in [-0.15, -0.1) is 0 Å². The predicted molar refractivity (Wildman–Crippen MR) is 76.7 cm³/mol. The van der Waals surface area contributed by atoms with E-state index in [0.717, 1.165) is 19.3 Å². The summed E-state index contributed by atoms with van der Waals surface area (Å²) in [5, 5.41) is 2.64. The van der Waals surface area contributed by atoms with Crippen LogP contribution in [0.3, 0.4) is 0 Å². The molecule has 1 unspecified atom stereocenters. The first-order chi connectivity index (χ1) is 8.87. The van der Waals surface area contributed by atoms with Crippen molar-refractivity contribution in [2.75, 3.05) is 0 Å². The third-order valence-corrected chi connectivity index (χ3v) is 2.53. The molecule has 0 spiro atoms. The summed E-state index contributed by atoms with van der Waals surface area (Å²) in [7, 11) is 0. The average molecular weight is 264 g/mol. The van der Waals surface area contributed by atoms with Crippen molar-refractivity contribution in [2.24, 2.45) is 5.73 Å². The van der Waals surface area contributed by atoms with Crippen molar-refractivity contribution < 1.29 is 9.53 Å². The lowest BCUT2D eigenvalue weighted by atomic mass is 10.1. The van der Waals surface area contributed by atoms with Gasteiger partial charge in [-0.25, -0.2) is 4.79 Å². The van der Waals surface area contributed by atoms with Crippen LogP contribution >= 0.6 is 0 Å². The van der Waals surface area contributed by atoms with E-state index in [2.05, 4.69) is 17.4 Å². The molecule has 106 valence electrons. The van der Waals surface area contributed by atoms with E-state index >= 15 is 0 Å². The SMILES string of the molecule is CC(C)(C)OC(=O)NC(N)CCCc1ccccc1. The summed E-state index contributed by atoms with van der Waals surface area (Å²) in [6.45, 7) is 5.48. The van der Waals surface area contributed by atoms with Crippen LogP contribution in [0.15, 0.2) is 30.3 Å². The molecule has 1 atom stereocenters. The quantitative estimate of drug-likeness (QED) is 0.804. The minimum absolute atomic E-state index is 0.362. The van der Waals surface area contributed by atoms with Crippen molar-refractivity contribution >= 4 is 6.09 Å². The van der Waals surface area contributed by atoms with Crippen LogP contribution < -0.4 is 11.1 Å². The maximum Gasteiger partial charge on any atom is 0.408 e. The molecule has 19 heavy (non-hydrogen) atoms. The van der Waals surface area contributed by atoms with Gasteiger partial charge in [0.1, 0.15) is 5.60 Å². The number of rotatable bonds is 5. The van der Waals surface area contributed by atoms with Crippen LogP contribution in [-0.2, 0) is 11.2 Å². The molecule has 1 aromatic rings. The molecule has 3 N–H and O–H groups in total. The zero-order chi connectivity index (χ0) is 14.3. The standard InChI is InChI=1S/C15H24N2O2/c1-15(2,3)19-14(18)17-13(16)11-7-10-12-8-5-4-6-9-12/h4-6,8-9,13H,7,10-11,16H2,1-3H3,(H,17,18). The largest absolute Gasteiger partial charge is 0.444 e. The molecular weight excluding hydrogens is 240 g/mol. The Morgan fingerprint density at radius 1 is 1.32 bits per heavy atom. The van der Waals surface area contributed by atoms with Gasteiger partial charge in [-0.2, -0.15) is 0 Å². The van der Waals surface area contributed by atoms with Gasteiger partial charge in [0.2, 0.25) is 0 Å². The lowest BCUT2D eigenvalue weighted by molar-refractivity contribution is 0.0503. The smallest absolute Gasteiger partial charge is 0.408 e. The van der Waals surface area contributed by atoms with Crippen LogP contribution in [-0.4, -0.2) is 17.9 Å². The second kappa shape index (κ2) is 7.14. The highest BCUT2D eigenvalue weighted by molar-refractivity contribution is 5.67. The average Bonchev–Trinajstić information content (AvgIpc) is 2.27. The number of amides is 1. The molecule has 1 amide bonds. The Labute approximate surface area is 115 Å². The van der Waals surface area contributed by atoms with E-state index in [1.54, 1.807) is 0 Å². The molecule has 4 nitrogen and oxygen atoms in total. The summed E-state index contributed by atoms with van der Waals surface area (Å²) >= 11 is 0. The number of hydrogen-bond donors (Lipinski definition) is 2. The number of ether oxygens (including phenoxy) is 1. The van der Waals surface area contributed by atoms with Crippen LogP contribution in [0.25, 0.3) is 0 Å². The van der Waals surface area contributed by atoms with Gasteiger partial charge < -0.3 is 15.8 Å². The van der Waals surface area contributed by atoms with Crippen molar-refractivity contribution in [3.05, 3.63) is 35.9 Å². The number of hydrogen-bond acceptors (Lipinski definition) is 3. The fourth-order valence-corrected chi connectivity index (χ4v) is 1.70. The summed E-state index contributed by atoms with van der Waals surface area (Å²) in [4.78, 5) is 11.5. The number of nitrogens with one attached hydrogen (secondary N) is 1. The highest BCUT2D eigenvalue weighted by atomic mass is 16.6. The molecule has 0 fully saturated rings. The molecule has 0 bridgehead atoms. The molecule has 1 aromatic carbocycles. The van der Waals surface area contributed by atoms with Crippen LogP contribution in [0.2, 0.25) is 0 Å². The number of aryl methyl sites for hydroxylation is 1. The summed E-state index contributed by atoms with van der Waals surface area (Å²) in [6, 6.07) is 10.2. The van der Waals surface area contributed by atoms with Crippen LogP contribution in [0, 0.1) is 0 Å². The fourth-order valence-electron chi connectivity index (χ4n) is 1.70. The van der Waals surface area contributed by atoms with Gasteiger partial charge in [-0.1, -0.05) is 30.3 Å². The molecule has 0 saturated carbocycles. The topological polar surface area (TPSA) is 64.3 Å². The first kappa shape index (κ1) is 15.5. The molecule has 0 radical (unpaired) electrons. The molecular formula is C15H24N2O2. The van der Waals surface area contributed by atoms with E-state index in [1.807, 2.05) is 39.0 Å². The first-order valence-corrected chi connectivity index (χ1v) is 6.66. The third-order valence-electron chi connectivity index (χ3n) is 2.53. The Hall–Kier alpha value is -1.55. The summed E-state index contributed by atoms with van der Waals surface area (Å²) in [6.07, 6.45) is 1.80. The minimum Gasteiger partial charge on any atom is -0.444 e. The number of carbonyl (C=O) groups is 1. The number of carbonyl (C=O) groups excluding carboxylic acids is 1. The molecule has 4 heteroatoms. The number of benzene rings is 1. The monoisotopic (exact) mass is 264 g/mol. The Morgan fingerprint density at radius 3 is 2.53 bits per heavy atom. The van der Waals surface area contributed by atoms with Crippen molar-refractivity contribution in [1.29, 1.82) is 0 Å². The molecule has 0 aliphatic heterocycles. The minimum atomic E-state index is -0.492. The Kier molecular flexibility index (Phi) is 5.83. The maximum atomic E-state index is 11.5. The van der Waals surface area contributed by atoms with Gasteiger partial charge >= 0.3 is 6.09 Å². The zero-order valence-electron chi connectivity index (χ0n) is 12.0. The van der Waals surface area contributed by atoms with Crippen molar-refractivity contribution in [3.8, 4) is 0 Å². The highest BCUT2D eigenvalue weighted by Crippen LogP contribution is 2.08. The maximum absolute atomic E-state index is 11.5. The molecule has 0 aromatic heterocycles. The molecule has 0 aliphatic carbocycles. The second-order valence-corrected chi connectivity index (χ2v) is 5.63. The third kappa shape index (κ3) is 7.47. The van der Waals surface area contributed by atoms with Gasteiger partial charge in [-0.3, -0.25) is 0 Å². The Balaban J connectivity index is 2.21. The van der Waals surface area contributed by atoms with E-state index in [-0.39, 0.29) is 6.17 Å². The Morgan fingerprint density at radius 2 is 1.95 bits per heavy atom. The normalized spacial score (nSPS) is 12.8. The summed E-state index contributed by atoms with van der Waals surface area (Å²) < 4.78 is 5.14. The van der Waals surface area contributed by atoms with Crippen LogP contribution in [0.1, 0.15) is 39.2 Å². The molecule has 0 aliphatic rings. The van der Waals surface area contributed by atoms with Gasteiger partial charge in [0.15, 0.2) is 0 Å². The Bertz CT molecular complexity index is 385. The van der Waals surface area contributed by atoms with Crippen LogP contribution in [0.4, 0.5) is 4.79 Å². The van der Waals surface area contributed by atoms with E-state index in [0.29, 0.717) is 0 Å². The lowest BCUT2D eigenvalue weighted by Gasteiger charge is -2.21. The number of alkyl carbamates (subject to hydrolysis) is 1. The highest BCUT2D eigenvalue weighted by Gasteiger charge is 2.17. The second-order valence-electron chi connectivity index (χ2n) is 5.63. The van der Waals surface area contributed by atoms with Crippen molar-refractivity contribution in [3.63, 3.8) is 0 Å². The van der Waals surface area contributed by atoms with E-state index in [1.165, 1.54) is 5.56 Å². The van der Waals surface area contributed by atoms with E-state index in [9.17, 15) is 4.79 Å².